The van der Waals surface area contributed by atoms with Gasteiger partial charge in [-0.1, -0.05) is 22.0 Å². The van der Waals surface area contributed by atoms with Gasteiger partial charge in [0.25, 0.3) is 5.91 Å². The van der Waals surface area contributed by atoms with Gasteiger partial charge in [0.2, 0.25) is 5.91 Å². The van der Waals surface area contributed by atoms with Crippen LogP contribution in [0.4, 0.5) is 10.5 Å². The van der Waals surface area contributed by atoms with Crippen LogP contribution in [0.15, 0.2) is 24.3 Å². The number of urea groups is 1. The van der Waals surface area contributed by atoms with Crippen molar-refractivity contribution in [1.82, 2.24) is 5.32 Å². The predicted octanol–water partition coefficient (Wildman–Crippen LogP) is 1.22. The summed E-state index contributed by atoms with van der Waals surface area (Å²) in [6.07, 6.45) is 0. The summed E-state index contributed by atoms with van der Waals surface area (Å²) in [5.41, 5.74) is 5.53. The van der Waals surface area contributed by atoms with Crippen LogP contribution in [0.2, 0.25) is 0 Å². The van der Waals surface area contributed by atoms with Gasteiger partial charge < -0.3 is 11.1 Å². The third kappa shape index (κ3) is 4.17. The lowest BCUT2D eigenvalue weighted by molar-refractivity contribution is -0.115. The fourth-order valence-corrected chi connectivity index (χ4v) is 1.28. The van der Waals surface area contributed by atoms with Crippen molar-refractivity contribution in [3.05, 3.63) is 29.8 Å². The number of hydrogen-bond acceptors (Lipinski definition) is 3. The number of nitrogens with two attached hydrogens (primary N) is 1. The molecule has 4 N–H and O–H groups in total. The molecule has 1 aromatic carbocycles. The van der Waals surface area contributed by atoms with Crippen LogP contribution in [-0.2, 0) is 4.79 Å². The second-order valence-electron chi connectivity index (χ2n) is 3.50. The standard InChI is InChI=1S/C11H12BrN3O3/c1-6(12)9(16)14-8-4-2-3-7(5-8)10(17)15-11(13)18/h2-6H,1H3,(H,14,16)(H3,13,15,17,18)/t6-/m0/s1. The third-order valence-corrected chi connectivity index (χ3v) is 2.41. The summed E-state index contributed by atoms with van der Waals surface area (Å²) in [5.74, 6) is -0.854. The summed E-state index contributed by atoms with van der Waals surface area (Å²) in [4.78, 5) is 33.1. The Morgan fingerprint density at radius 3 is 2.56 bits per heavy atom. The average Bonchev–Trinajstić information content (AvgIpc) is 2.28. The molecule has 0 saturated carbocycles. The van der Waals surface area contributed by atoms with Crippen molar-refractivity contribution in [2.75, 3.05) is 5.32 Å². The Hall–Kier alpha value is -1.89. The molecule has 0 bridgehead atoms. The number of carbonyl (C=O) groups excluding carboxylic acids is 3. The van der Waals surface area contributed by atoms with Crippen LogP contribution < -0.4 is 16.4 Å². The fraction of sp³-hybridized carbons (Fsp3) is 0.182. The van der Waals surface area contributed by atoms with E-state index >= 15 is 0 Å². The SMILES string of the molecule is C[C@H](Br)C(=O)Nc1cccc(C(=O)NC(N)=O)c1. The lowest BCUT2D eigenvalue weighted by Gasteiger charge is -2.08. The van der Waals surface area contributed by atoms with Gasteiger partial charge in [-0.05, 0) is 25.1 Å². The zero-order chi connectivity index (χ0) is 13.7. The second kappa shape index (κ2) is 6.15. The fourth-order valence-electron chi connectivity index (χ4n) is 1.16. The number of anilines is 1. The van der Waals surface area contributed by atoms with Gasteiger partial charge in [-0.3, -0.25) is 14.9 Å². The molecule has 0 spiro atoms. The third-order valence-electron chi connectivity index (χ3n) is 1.99. The number of hydrogen-bond donors (Lipinski definition) is 3. The summed E-state index contributed by atoms with van der Waals surface area (Å²) in [7, 11) is 0. The number of alkyl halides is 1. The van der Waals surface area contributed by atoms with Crippen LogP contribution in [0.3, 0.4) is 0 Å². The molecule has 0 aliphatic carbocycles. The Morgan fingerprint density at radius 2 is 2.00 bits per heavy atom. The van der Waals surface area contributed by atoms with E-state index in [0.717, 1.165) is 0 Å². The monoisotopic (exact) mass is 313 g/mol. The normalized spacial score (nSPS) is 11.4. The second-order valence-corrected chi connectivity index (χ2v) is 4.88. The highest BCUT2D eigenvalue weighted by Crippen LogP contribution is 2.12. The zero-order valence-corrected chi connectivity index (χ0v) is 11.2. The van der Waals surface area contributed by atoms with Gasteiger partial charge in [-0.25, -0.2) is 4.79 Å². The van der Waals surface area contributed by atoms with E-state index in [2.05, 4.69) is 21.2 Å². The van der Waals surface area contributed by atoms with Crippen molar-refractivity contribution >= 4 is 39.5 Å². The van der Waals surface area contributed by atoms with E-state index in [-0.39, 0.29) is 16.3 Å². The van der Waals surface area contributed by atoms with Gasteiger partial charge in [-0.2, -0.15) is 0 Å². The van der Waals surface area contributed by atoms with Crippen molar-refractivity contribution in [1.29, 1.82) is 0 Å². The molecule has 0 aliphatic heterocycles. The molecule has 6 nitrogen and oxygen atoms in total. The largest absolute Gasteiger partial charge is 0.351 e. The maximum Gasteiger partial charge on any atom is 0.319 e. The van der Waals surface area contributed by atoms with Gasteiger partial charge in [0.05, 0.1) is 4.83 Å². The molecule has 0 aromatic heterocycles. The van der Waals surface area contributed by atoms with Crippen molar-refractivity contribution in [2.24, 2.45) is 5.73 Å². The summed E-state index contributed by atoms with van der Waals surface area (Å²) >= 11 is 3.12. The molecular weight excluding hydrogens is 302 g/mol. The van der Waals surface area contributed by atoms with Crippen LogP contribution in [0, 0.1) is 0 Å². The lowest BCUT2D eigenvalue weighted by Crippen LogP contribution is -2.35. The number of primary amides is 1. The van der Waals surface area contributed by atoms with E-state index < -0.39 is 11.9 Å². The topological polar surface area (TPSA) is 101 Å². The van der Waals surface area contributed by atoms with Gasteiger partial charge in [0.1, 0.15) is 0 Å². The summed E-state index contributed by atoms with van der Waals surface area (Å²) < 4.78 is 0. The number of benzene rings is 1. The molecule has 1 atom stereocenters. The number of carbonyl (C=O) groups is 3. The molecule has 4 amide bonds. The minimum Gasteiger partial charge on any atom is -0.351 e. The van der Waals surface area contributed by atoms with Gasteiger partial charge in [0, 0.05) is 11.3 Å². The minimum atomic E-state index is -0.927. The van der Waals surface area contributed by atoms with Crippen molar-refractivity contribution in [3.63, 3.8) is 0 Å². The molecule has 0 heterocycles. The number of rotatable bonds is 3. The maximum absolute atomic E-state index is 11.5. The van der Waals surface area contributed by atoms with E-state index in [0.29, 0.717) is 5.69 Å². The van der Waals surface area contributed by atoms with Gasteiger partial charge in [-0.15, -0.1) is 0 Å². The van der Waals surface area contributed by atoms with Gasteiger partial charge >= 0.3 is 6.03 Å². The molecule has 1 rings (SSSR count). The quantitative estimate of drug-likeness (QED) is 0.731. The van der Waals surface area contributed by atoms with E-state index in [1.165, 1.54) is 12.1 Å². The lowest BCUT2D eigenvalue weighted by atomic mass is 10.2. The van der Waals surface area contributed by atoms with Gasteiger partial charge in [0.15, 0.2) is 0 Å². The molecule has 0 saturated heterocycles. The predicted molar refractivity (Wildman–Crippen MR) is 70.5 cm³/mol. The van der Waals surface area contributed by atoms with Crippen LogP contribution in [0.5, 0.6) is 0 Å². The number of nitrogens with one attached hydrogen (secondary N) is 2. The Morgan fingerprint density at radius 1 is 1.33 bits per heavy atom. The first-order valence-corrected chi connectivity index (χ1v) is 5.97. The first-order chi connectivity index (χ1) is 8.40. The molecule has 18 heavy (non-hydrogen) atoms. The zero-order valence-electron chi connectivity index (χ0n) is 9.57. The maximum atomic E-state index is 11.5. The van der Waals surface area contributed by atoms with Crippen molar-refractivity contribution in [2.45, 2.75) is 11.8 Å². The highest BCUT2D eigenvalue weighted by atomic mass is 79.9. The van der Waals surface area contributed by atoms with E-state index in [9.17, 15) is 14.4 Å². The van der Waals surface area contributed by atoms with Crippen LogP contribution in [0.1, 0.15) is 17.3 Å². The van der Waals surface area contributed by atoms with Crippen LogP contribution in [-0.4, -0.2) is 22.7 Å². The minimum absolute atomic E-state index is 0.230. The summed E-state index contributed by atoms with van der Waals surface area (Å²) in [6, 6.07) is 5.25. The molecule has 1 aromatic rings. The smallest absolute Gasteiger partial charge is 0.319 e. The Balaban J connectivity index is 2.82. The molecule has 0 fully saturated rings. The van der Waals surface area contributed by atoms with Crippen LogP contribution >= 0.6 is 15.9 Å². The highest BCUT2D eigenvalue weighted by Gasteiger charge is 2.11. The van der Waals surface area contributed by atoms with E-state index in [1.807, 2.05) is 5.32 Å². The van der Waals surface area contributed by atoms with E-state index in [4.69, 9.17) is 5.73 Å². The average molecular weight is 314 g/mol. The summed E-state index contributed by atoms with van der Waals surface area (Å²) in [5, 5.41) is 4.55. The molecule has 7 heteroatoms. The van der Waals surface area contributed by atoms with Crippen LogP contribution in [0.25, 0.3) is 0 Å². The number of imide groups is 1. The van der Waals surface area contributed by atoms with Crippen molar-refractivity contribution < 1.29 is 14.4 Å². The Kier molecular flexibility index (Phi) is 4.85. The first-order valence-electron chi connectivity index (χ1n) is 5.06. The molecule has 0 unspecified atom stereocenters. The highest BCUT2D eigenvalue weighted by molar-refractivity contribution is 9.10. The molecule has 0 aliphatic rings. The summed E-state index contributed by atoms with van der Waals surface area (Å²) in [6.45, 7) is 1.68. The number of amides is 4. The number of halogens is 1. The Bertz CT molecular complexity index is 488. The first kappa shape index (κ1) is 14.2. The molecule has 0 radical (unpaired) electrons. The molecule has 96 valence electrons. The molecular formula is C11H12BrN3O3. The van der Waals surface area contributed by atoms with E-state index in [1.54, 1.807) is 19.1 Å². The van der Waals surface area contributed by atoms with Crippen molar-refractivity contribution in [3.8, 4) is 0 Å². The Labute approximate surface area is 112 Å².